The molecule has 1 rings (SSSR count). The summed E-state index contributed by atoms with van der Waals surface area (Å²) in [5.74, 6) is 0.524. The van der Waals surface area contributed by atoms with Crippen molar-refractivity contribution in [1.29, 1.82) is 0 Å². The predicted octanol–water partition coefficient (Wildman–Crippen LogP) is 1.36. The van der Waals surface area contributed by atoms with Gasteiger partial charge in [-0.1, -0.05) is 0 Å². The molecule has 86 valence electrons. The normalized spacial score (nSPS) is 11.7. The fraction of sp³-hybridized carbons (Fsp3) is 0.625. The zero-order valence-corrected chi connectivity index (χ0v) is 11.0. The van der Waals surface area contributed by atoms with Gasteiger partial charge in [0.05, 0.1) is 17.3 Å². The van der Waals surface area contributed by atoms with Gasteiger partial charge in [-0.05, 0) is 0 Å². The lowest BCUT2D eigenvalue weighted by Gasteiger charge is -2.14. The molecule has 0 aliphatic carbocycles. The summed E-state index contributed by atoms with van der Waals surface area (Å²) in [5, 5.41) is 2.67. The minimum atomic E-state index is -2.92. The molecule has 0 radical (unpaired) electrons. The molecule has 0 N–H and O–H groups in total. The molecule has 4 nitrogen and oxygen atoms in total. The first kappa shape index (κ1) is 12.7. The second-order valence-corrected chi connectivity index (χ2v) is 6.67. The van der Waals surface area contributed by atoms with Gasteiger partial charge >= 0.3 is 0 Å². The first-order chi connectivity index (χ1) is 6.92. The van der Waals surface area contributed by atoms with Gasteiger partial charge in [0.25, 0.3) is 0 Å². The molecular formula is C8H13ClN2O2S2. The molecular weight excluding hydrogens is 256 g/mol. The Balaban J connectivity index is 2.57. The maximum atomic E-state index is 11.0. The van der Waals surface area contributed by atoms with E-state index < -0.39 is 9.84 Å². The lowest BCUT2D eigenvalue weighted by Crippen LogP contribution is -2.24. The van der Waals surface area contributed by atoms with E-state index in [9.17, 15) is 8.42 Å². The van der Waals surface area contributed by atoms with Crippen molar-refractivity contribution < 1.29 is 8.42 Å². The molecule has 0 aliphatic rings. The Labute approximate surface area is 98.8 Å². The topological polar surface area (TPSA) is 50.3 Å². The van der Waals surface area contributed by atoms with E-state index in [0.29, 0.717) is 12.4 Å². The van der Waals surface area contributed by atoms with Crippen molar-refractivity contribution in [2.24, 2.45) is 0 Å². The lowest BCUT2D eigenvalue weighted by molar-refractivity contribution is 0.601. The van der Waals surface area contributed by atoms with Crippen LogP contribution in [0.4, 0.5) is 5.13 Å². The third-order valence-corrected chi connectivity index (χ3v) is 4.00. The Hall–Kier alpha value is -0.330. The SMILES string of the molecule is CN(CCS(C)(=O)=O)c1nc(CCl)cs1. The van der Waals surface area contributed by atoms with Crippen molar-refractivity contribution in [3.63, 3.8) is 0 Å². The molecule has 0 spiro atoms. The highest BCUT2D eigenvalue weighted by molar-refractivity contribution is 7.90. The van der Waals surface area contributed by atoms with Crippen LogP contribution in [0.25, 0.3) is 0 Å². The van der Waals surface area contributed by atoms with Gasteiger partial charge in [0, 0.05) is 25.2 Å². The predicted molar refractivity (Wildman–Crippen MR) is 64.7 cm³/mol. The van der Waals surface area contributed by atoms with Crippen LogP contribution in [-0.4, -0.2) is 39.0 Å². The molecule has 1 aromatic rings. The van der Waals surface area contributed by atoms with Crippen LogP contribution in [0.15, 0.2) is 5.38 Å². The van der Waals surface area contributed by atoms with Gasteiger partial charge in [0.2, 0.25) is 0 Å². The summed E-state index contributed by atoms with van der Waals surface area (Å²) in [6, 6.07) is 0. The molecule has 0 aliphatic heterocycles. The monoisotopic (exact) mass is 268 g/mol. The smallest absolute Gasteiger partial charge is 0.185 e. The maximum Gasteiger partial charge on any atom is 0.185 e. The van der Waals surface area contributed by atoms with Crippen molar-refractivity contribution in [3.8, 4) is 0 Å². The van der Waals surface area contributed by atoms with Crippen molar-refractivity contribution in [2.75, 3.05) is 30.5 Å². The number of rotatable bonds is 5. The number of hydrogen-bond acceptors (Lipinski definition) is 5. The van der Waals surface area contributed by atoms with E-state index >= 15 is 0 Å². The maximum absolute atomic E-state index is 11.0. The van der Waals surface area contributed by atoms with Gasteiger partial charge in [0.15, 0.2) is 5.13 Å². The average molecular weight is 269 g/mol. The number of hydrogen-bond donors (Lipinski definition) is 0. The van der Waals surface area contributed by atoms with Crippen LogP contribution in [0.5, 0.6) is 0 Å². The zero-order valence-electron chi connectivity index (χ0n) is 8.60. The molecule has 0 saturated heterocycles. The summed E-state index contributed by atoms with van der Waals surface area (Å²) < 4.78 is 21.9. The van der Waals surface area contributed by atoms with Gasteiger partial charge in [-0.15, -0.1) is 22.9 Å². The van der Waals surface area contributed by atoms with Crippen LogP contribution >= 0.6 is 22.9 Å². The Kier molecular flexibility index (Phi) is 4.36. The van der Waals surface area contributed by atoms with E-state index in [1.165, 1.54) is 17.6 Å². The minimum Gasteiger partial charge on any atom is -0.350 e. The highest BCUT2D eigenvalue weighted by Crippen LogP contribution is 2.19. The van der Waals surface area contributed by atoms with Crippen LogP contribution in [0.1, 0.15) is 5.69 Å². The third-order valence-electron chi connectivity index (χ3n) is 1.80. The molecule has 1 aromatic heterocycles. The first-order valence-corrected chi connectivity index (χ1v) is 7.79. The fourth-order valence-corrected chi connectivity index (χ4v) is 2.58. The quantitative estimate of drug-likeness (QED) is 0.757. The second kappa shape index (κ2) is 5.14. The van der Waals surface area contributed by atoms with Gasteiger partial charge in [-0.2, -0.15) is 0 Å². The van der Waals surface area contributed by atoms with E-state index in [-0.39, 0.29) is 5.75 Å². The summed E-state index contributed by atoms with van der Waals surface area (Å²) >= 11 is 7.09. The summed E-state index contributed by atoms with van der Waals surface area (Å²) in [7, 11) is -1.10. The highest BCUT2D eigenvalue weighted by Gasteiger charge is 2.09. The van der Waals surface area contributed by atoms with Crippen molar-refractivity contribution in [3.05, 3.63) is 11.1 Å². The van der Waals surface area contributed by atoms with Gasteiger partial charge in [-0.3, -0.25) is 0 Å². The van der Waals surface area contributed by atoms with E-state index in [0.717, 1.165) is 10.8 Å². The number of aromatic nitrogens is 1. The molecule has 0 unspecified atom stereocenters. The molecule has 0 atom stereocenters. The number of anilines is 1. The Bertz CT molecular complexity index is 416. The minimum absolute atomic E-state index is 0.138. The molecule has 0 aromatic carbocycles. The van der Waals surface area contributed by atoms with E-state index in [4.69, 9.17) is 11.6 Å². The Morgan fingerprint density at radius 2 is 2.27 bits per heavy atom. The number of sulfone groups is 1. The summed E-state index contributed by atoms with van der Waals surface area (Å²) in [4.78, 5) is 6.07. The summed E-state index contributed by atoms with van der Waals surface area (Å²) in [5.41, 5.74) is 0.822. The van der Waals surface area contributed by atoms with Crippen LogP contribution in [0.3, 0.4) is 0 Å². The van der Waals surface area contributed by atoms with E-state index in [1.807, 2.05) is 17.3 Å². The molecule has 0 bridgehead atoms. The van der Waals surface area contributed by atoms with Crippen molar-refractivity contribution in [2.45, 2.75) is 5.88 Å². The third kappa shape index (κ3) is 4.36. The van der Waals surface area contributed by atoms with E-state index in [2.05, 4.69) is 4.98 Å². The first-order valence-electron chi connectivity index (χ1n) is 4.31. The van der Waals surface area contributed by atoms with Crippen molar-refractivity contribution in [1.82, 2.24) is 4.98 Å². The standard InChI is InChI=1S/C8H13ClN2O2S2/c1-11(3-4-15(2,12)13)8-10-7(5-9)6-14-8/h6H,3-5H2,1-2H3. The Morgan fingerprint density at radius 1 is 1.60 bits per heavy atom. The number of thiazole rings is 1. The molecule has 1 heterocycles. The number of halogens is 1. The second-order valence-electron chi connectivity index (χ2n) is 3.31. The highest BCUT2D eigenvalue weighted by atomic mass is 35.5. The van der Waals surface area contributed by atoms with Crippen LogP contribution < -0.4 is 4.90 Å². The molecule has 0 amide bonds. The molecule has 7 heteroatoms. The summed E-state index contributed by atoms with van der Waals surface area (Å²) in [6.07, 6.45) is 1.23. The largest absolute Gasteiger partial charge is 0.350 e. The summed E-state index contributed by atoms with van der Waals surface area (Å²) in [6.45, 7) is 0.452. The van der Waals surface area contributed by atoms with Crippen LogP contribution in [0, 0.1) is 0 Å². The van der Waals surface area contributed by atoms with Crippen LogP contribution in [-0.2, 0) is 15.7 Å². The average Bonchev–Trinajstić information content (AvgIpc) is 2.61. The number of alkyl halides is 1. The fourth-order valence-electron chi connectivity index (χ4n) is 0.931. The zero-order chi connectivity index (χ0) is 11.5. The van der Waals surface area contributed by atoms with Gasteiger partial charge in [-0.25, -0.2) is 13.4 Å². The molecule has 0 fully saturated rings. The molecule has 0 saturated carbocycles. The van der Waals surface area contributed by atoms with E-state index in [1.54, 1.807) is 0 Å². The lowest BCUT2D eigenvalue weighted by atomic mass is 10.6. The van der Waals surface area contributed by atoms with Crippen LogP contribution in [0.2, 0.25) is 0 Å². The van der Waals surface area contributed by atoms with Gasteiger partial charge < -0.3 is 4.90 Å². The Morgan fingerprint density at radius 3 is 2.73 bits per heavy atom. The van der Waals surface area contributed by atoms with Crippen molar-refractivity contribution >= 4 is 37.9 Å². The molecule has 15 heavy (non-hydrogen) atoms. The number of nitrogens with zero attached hydrogens (tertiary/aromatic N) is 2. The van der Waals surface area contributed by atoms with Gasteiger partial charge in [0.1, 0.15) is 9.84 Å².